The molecule has 160 valence electrons. The molecule has 2 amide bonds. The van der Waals surface area contributed by atoms with E-state index >= 15 is 0 Å². The lowest BCUT2D eigenvalue weighted by Crippen LogP contribution is -2.34. The Hall–Kier alpha value is -2.99. The Morgan fingerprint density at radius 1 is 1.10 bits per heavy atom. The van der Waals surface area contributed by atoms with Crippen molar-refractivity contribution in [3.8, 4) is 11.5 Å². The monoisotopic (exact) mass is 430 g/mol. The van der Waals surface area contributed by atoms with Gasteiger partial charge in [-0.25, -0.2) is 0 Å². The highest BCUT2D eigenvalue weighted by Crippen LogP contribution is 2.36. The number of hydrogen-bond donors (Lipinski definition) is 2. The predicted octanol–water partition coefficient (Wildman–Crippen LogP) is 3.63. The van der Waals surface area contributed by atoms with Crippen LogP contribution in [0, 0.1) is 0 Å². The molecule has 0 radical (unpaired) electrons. The summed E-state index contributed by atoms with van der Waals surface area (Å²) in [6.45, 7) is 3.23. The fourth-order valence-electron chi connectivity index (χ4n) is 2.64. The molecule has 0 aromatic heterocycles. The summed E-state index contributed by atoms with van der Waals surface area (Å²) >= 11 is 6.27. The van der Waals surface area contributed by atoms with Crippen molar-refractivity contribution in [2.45, 2.75) is 19.8 Å². The first-order valence-corrected chi connectivity index (χ1v) is 10.2. The van der Waals surface area contributed by atoms with E-state index in [1.165, 1.54) is 13.2 Å². The van der Waals surface area contributed by atoms with E-state index < -0.39 is 0 Å². The number of nitrogens with one attached hydrogen (secondary N) is 2. The molecule has 0 fully saturated rings. The minimum Gasteiger partial charge on any atom is -0.493 e. The Balaban J connectivity index is 1.79. The molecule has 0 aliphatic heterocycles. The fourth-order valence-corrected chi connectivity index (χ4v) is 2.92. The normalized spacial score (nSPS) is 10.6. The molecule has 0 saturated carbocycles. The number of carbonyl (C=O) groups excluding carboxylic acids is 2. The van der Waals surface area contributed by atoms with Crippen molar-refractivity contribution in [1.29, 1.82) is 0 Å². The molecule has 2 aromatic rings. The predicted molar refractivity (Wildman–Crippen MR) is 119 cm³/mol. The number of amides is 2. The zero-order valence-electron chi connectivity index (χ0n) is 17.2. The van der Waals surface area contributed by atoms with Gasteiger partial charge in [0.1, 0.15) is 0 Å². The van der Waals surface area contributed by atoms with Crippen molar-refractivity contribution in [2.75, 3.05) is 26.8 Å². The summed E-state index contributed by atoms with van der Waals surface area (Å²) in [6, 6.07) is 13.0. The lowest BCUT2D eigenvalue weighted by Gasteiger charge is -2.12. The largest absolute Gasteiger partial charge is 0.493 e. The van der Waals surface area contributed by atoms with Gasteiger partial charge in [-0.2, -0.15) is 0 Å². The fraction of sp³-hybridized carbons (Fsp3) is 0.304. The smallest absolute Gasteiger partial charge is 0.244 e. The van der Waals surface area contributed by atoms with Crippen LogP contribution in [0.15, 0.2) is 48.5 Å². The maximum atomic E-state index is 12.0. The Morgan fingerprint density at radius 2 is 1.83 bits per heavy atom. The van der Waals surface area contributed by atoms with Crippen molar-refractivity contribution >= 4 is 29.5 Å². The summed E-state index contributed by atoms with van der Waals surface area (Å²) in [7, 11) is 1.54. The molecule has 30 heavy (non-hydrogen) atoms. The molecule has 0 aliphatic carbocycles. The second-order valence-corrected chi connectivity index (χ2v) is 6.93. The molecule has 2 N–H and O–H groups in total. The van der Waals surface area contributed by atoms with Crippen molar-refractivity contribution < 1.29 is 19.1 Å². The molecule has 6 nitrogen and oxygen atoms in total. The van der Waals surface area contributed by atoms with Crippen LogP contribution in [0.25, 0.3) is 6.08 Å². The van der Waals surface area contributed by atoms with Crippen molar-refractivity contribution in [3.63, 3.8) is 0 Å². The quantitative estimate of drug-likeness (QED) is 0.421. The number of rotatable bonds is 11. The van der Waals surface area contributed by atoms with E-state index in [9.17, 15) is 9.59 Å². The second-order valence-electron chi connectivity index (χ2n) is 6.52. The number of methoxy groups -OCH3 is 1. The third-order valence-electron chi connectivity index (χ3n) is 4.08. The lowest BCUT2D eigenvalue weighted by atomic mass is 10.1. The molecule has 0 bridgehead atoms. The minimum atomic E-state index is -0.270. The van der Waals surface area contributed by atoms with Crippen molar-refractivity contribution in [3.05, 3.63) is 64.7 Å². The lowest BCUT2D eigenvalue weighted by molar-refractivity contribution is -0.121. The van der Waals surface area contributed by atoms with Gasteiger partial charge in [0.2, 0.25) is 11.8 Å². The topological polar surface area (TPSA) is 76.7 Å². The van der Waals surface area contributed by atoms with Gasteiger partial charge in [0.05, 0.1) is 25.2 Å². The van der Waals surface area contributed by atoms with Gasteiger partial charge in [0, 0.05) is 19.2 Å². The SMILES string of the molecule is CCCOc1c(Cl)cc(/C=C/C(=O)NCCNC(=O)Cc2ccccc2)cc1OC. The number of carbonyl (C=O) groups is 2. The van der Waals surface area contributed by atoms with Gasteiger partial charge in [-0.3, -0.25) is 9.59 Å². The van der Waals surface area contributed by atoms with Gasteiger partial charge >= 0.3 is 0 Å². The van der Waals surface area contributed by atoms with Crippen LogP contribution in [0.2, 0.25) is 5.02 Å². The Morgan fingerprint density at radius 3 is 2.53 bits per heavy atom. The Labute approximate surface area is 182 Å². The third-order valence-corrected chi connectivity index (χ3v) is 4.36. The van der Waals surface area contributed by atoms with Crippen LogP contribution >= 0.6 is 11.6 Å². The highest BCUT2D eigenvalue weighted by Gasteiger charge is 2.11. The van der Waals surface area contributed by atoms with Gasteiger partial charge < -0.3 is 20.1 Å². The van der Waals surface area contributed by atoms with Gasteiger partial charge in [0.15, 0.2) is 11.5 Å². The van der Waals surface area contributed by atoms with E-state index in [0.29, 0.717) is 48.2 Å². The summed E-state index contributed by atoms with van der Waals surface area (Å²) < 4.78 is 10.9. The number of halogens is 1. The van der Waals surface area contributed by atoms with E-state index in [4.69, 9.17) is 21.1 Å². The van der Waals surface area contributed by atoms with E-state index in [0.717, 1.165) is 12.0 Å². The van der Waals surface area contributed by atoms with Crippen LogP contribution in [0.5, 0.6) is 11.5 Å². The first-order valence-electron chi connectivity index (χ1n) is 9.80. The van der Waals surface area contributed by atoms with Gasteiger partial charge in [-0.1, -0.05) is 48.9 Å². The molecule has 0 spiro atoms. The first kappa shape index (κ1) is 23.3. The summed E-state index contributed by atoms with van der Waals surface area (Å²) in [5.41, 5.74) is 1.66. The van der Waals surface area contributed by atoms with Crippen molar-refractivity contribution in [2.24, 2.45) is 0 Å². The van der Waals surface area contributed by atoms with Crippen LogP contribution < -0.4 is 20.1 Å². The minimum absolute atomic E-state index is 0.0851. The maximum Gasteiger partial charge on any atom is 0.244 e. The standard InChI is InChI=1S/C23H27ClN2O4/c1-3-13-30-23-19(24)14-18(15-20(23)29-2)9-10-21(27)25-11-12-26-22(28)16-17-7-5-4-6-8-17/h4-10,14-15H,3,11-13,16H2,1-2H3,(H,25,27)(H,26,28)/b10-9+. The van der Waals surface area contributed by atoms with Crippen LogP contribution in [0.3, 0.4) is 0 Å². The molecule has 0 unspecified atom stereocenters. The summed E-state index contributed by atoms with van der Waals surface area (Å²) in [5.74, 6) is 0.651. The Bertz CT molecular complexity index is 869. The first-order chi connectivity index (χ1) is 14.5. The molecule has 0 heterocycles. The van der Waals surface area contributed by atoms with Gasteiger partial charge in [-0.15, -0.1) is 0 Å². The van der Waals surface area contributed by atoms with E-state index in [-0.39, 0.29) is 11.8 Å². The van der Waals surface area contributed by atoms with E-state index in [1.54, 1.807) is 18.2 Å². The highest BCUT2D eigenvalue weighted by atomic mass is 35.5. The molecule has 2 aromatic carbocycles. The second kappa shape index (κ2) is 12.5. The molecule has 0 aliphatic rings. The molecular formula is C23H27ClN2O4. The maximum absolute atomic E-state index is 12.0. The van der Waals surface area contributed by atoms with E-state index in [1.807, 2.05) is 37.3 Å². The molecule has 0 saturated heterocycles. The summed E-state index contributed by atoms with van der Waals surface area (Å²) in [4.78, 5) is 23.9. The van der Waals surface area contributed by atoms with Crippen LogP contribution in [0.1, 0.15) is 24.5 Å². The number of hydrogen-bond acceptors (Lipinski definition) is 4. The molecule has 7 heteroatoms. The number of ether oxygens (including phenoxy) is 2. The highest BCUT2D eigenvalue weighted by molar-refractivity contribution is 6.32. The van der Waals surface area contributed by atoms with Gasteiger partial charge in [0.25, 0.3) is 0 Å². The van der Waals surface area contributed by atoms with Crippen molar-refractivity contribution in [1.82, 2.24) is 10.6 Å². The van der Waals surface area contributed by atoms with Crippen LogP contribution in [-0.4, -0.2) is 38.6 Å². The molecule has 2 rings (SSSR count). The average molecular weight is 431 g/mol. The zero-order chi connectivity index (χ0) is 21.8. The summed E-state index contributed by atoms with van der Waals surface area (Å²) in [6.07, 6.45) is 4.22. The van der Waals surface area contributed by atoms with Gasteiger partial charge in [-0.05, 0) is 35.8 Å². The summed E-state index contributed by atoms with van der Waals surface area (Å²) in [5, 5.41) is 5.93. The van der Waals surface area contributed by atoms with Crippen LogP contribution in [0.4, 0.5) is 0 Å². The van der Waals surface area contributed by atoms with Crippen LogP contribution in [-0.2, 0) is 16.0 Å². The average Bonchev–Trinajstić information content (AvgIpc) is 2.75. The third kappa shape index (κ3) is 7.79. The Kier molecular flexibility index (Phi) is 9.74. The zero-order valence-corrected chi connectivity index (χ0v) is 18.0. The van der Waals surface area contributed by atoms with E-state index in [2.05, 4.69) is 10.6 Å². The molecular weight excluding hydrogens is 404 g/mol. The number of benzene rings is 2. The molecule has 0 atom stereocenters.